The maximum atomic E-state index is 10.1. The highest BCUT2D eigenvalue weighted by Gasteiger charge is 2.39. The first-order chi connectivity index (χ1) is 15.0. The topological polar surface area (TPSA) is 63.3 Å². The fraction of sp³-hybridized carbons (Fsp3) is 0.320. The van der Waals surface area contributed by atoms with Crippen LogP contribution in [0.5, 0.6) is 0 Å². The van der Waals surface area contributed by atoms with Gasteiger partial charge in [-0.1, -0.05) is 24.3 Å². The SMILES string of the molecule is Cc1cc2ncc3cc(-c4cccs4)c(C4C=CC(C5CC(C)(O)C5)=CC4)nc3n2n1. The van der Waals surface area contributed by atoms with E-state index in [2.05, 4.69) is 51.9 Å². The standard InChI is InChI=1S/C25H24N4OS/c1-15-10-22-26-14-18-11-20(21-4-3-9-31-21)23(27-24(18)29(22)28-15)17-7-5-16(6-8-17)19-12-25(2,30)13-19/h3-7,9-11,14,17,19,30H,8,12-13H2,1-2H3. The quantitative estimate of drug-likeness (QED) is 0.472. The average molecular weight is 429 g/mol. The molecule has 1 saturated carbocycles. The third kappa shape index (κ3) is 3.22. The third-order valence-electron chi connectivity index (χ3n) is 6.52. The lowest BCUT2D eigenvalue weighted by Crippen LogP contribution is -2.41. The van der Waals surface area contributed by atoms with Crippen LogP contribution in [0.2, 0.25) is 0 Å². The van der Waals surface area contributed by atoms with Gasteiger partial charge >= 0.3 is 0 Å². The Labute approximate surface area is 184 Å². The molecule has 1 fully saturated rings. The van der Waals surface area contributed by atoms with Crippen LogP contribution in [0.1, 0.15) is 43.5 Å². The van der Waals surface area contributed by atoms with Crippen molar-refractivity contribution in [1.82, 2.24) is 19.6 Å². The first kappa shape index (κ1) is 18.9. The monoisotopic (exact) mass is 428 g/mol. The molecule has 0 aromatic carbocycles. The van der Waals surface area contributed by atoms with Gasteiger partial charge in [-0.15, -0.1) is 11.3 Å². The number of aryl methyl sites for hydroxylation is 1. The van der Waals surface area contributed by atoms with Crippen molar-refractivity contribution in [3.8, 4) is 10.4 Å². The number of aliphatic hydroxyl groups is 1. The number of fused-ring (bicyclic) bond motifs is 3. The zero-order valence-electron chi connectivity index (χ0n) is 17.6. The van der Waals surface area contributed by atoms with Crippen LogP contribution in [-0.2, 0) is 0 Å². The maximum Gasteiger partial charge on any atom is 0.164 e. The summed E-state index contributed by atoms with van der Waals surface area (Å²) in [6.07, 6.45) is 11.4. The Kier molecular flexibility index (Phi) is 4.17. The van der Waals surface area contributed by atoms with E-state index in [1.807, 2.05) is 30.6 Å². The van der Waals surface area contributed by atoms with Gasteiger partial charge in [0, 0.05) is 34.0 Å². The summed E-state index contributed by atoms with van der Waals surface area (Å²) in [6, 6.07) is 8.44. The lowest BCUT2D eigenvalue weighted by atomic mass is 9.67. The molecule has 31 heavy (non-hydrogen) atoms. The van der Waals surface area contributed by atoms with Crippen LogP contribution < -0.4 is 0 Å². The summed E-state index contributed by atoms with van der Waals surface area (Å²) in [6.45, 7) is 3.91. The fourth-order valence-electron chi connectivity index (χ4n) is 4.96. The van der Waals surface area contributed by atoms with Gasteiger partial charge in [-0.2, -0.15) is 9.61 Å². The summed E-state index contributed by atoms with van der Waals surface area (Å²) < 4.78 is 1.86. The van der Waals surface area contributed by atoms with Crippen molar-refractivity contribution in [3.05, 3.63) is 71.0 Å². The van der Waals surface area contributed by atoms with Crippen molar-refractivity contribution in [2.75, 3.05) is 0 Å². The van der Waals surface area contributed by atoms with Crippen LogP contribution in [0.25, 0.3) is 27.1 Å². The third-order valence-corrected chi connectivity index (χ3v) is 7.42. The second-order valence-corrected chi connectivity index (χ2v) is 10.1. The molecule has 0 saturated heterocycles. The van der Waals surface area contributed by atoms with E-state index >= 15 is 0 Å². The number of pyridine rings is 1. The minimum Gasteiger partial charge on any atom is -0.390 e. The molecule has 6 heteroatoms. The summed E-state index contributed by atoms with van der Waals surface area (Å²) in [4.78, 5) is 11.0. The molecule has 0 spiro atoms. The average Bonchev–Trinajstić information content (AvgIpc) is 3.40. The van der Waals surface area contributed by atoms with Crippen molar-refractivity contribution >= 4 is 28.0 Å². The Morgan fingerprint density at radius 3 is 2.84 bits per heavy atom. The molecule has 2 aliphatic rings. The molecule has 4 heterocycles. The Bertz CT molecular complexity index is 1360. The van der Waals surface area contributed by atoms with E-state index in [9.17, 15) is 5.11 Å². The van der Waals surface area contributed by atoms with E-state index in [-0.39, 0.29) is 5.92 Å². The summed E-state index contributed by atoms with van der Waals surface area (Å²) in [5.41, 5.74) is 5.73. The van der Waals surface area contributed by atoms with E-state index in [1.165, 1.54) is 16.0 Å². The van der Waals surface area contributed by atoms with Gasteiger partial charge in [-0.25, -0.2) is 9.97 Å². The molecule has 0 aliphatic heterocycles. The maximum absolute atomic E-state index is 10.1. The van der Waals surface area contributed by atoms with E-state index in [4.69, 9.17) is 4.98 Å². The van der Waals surface area contributed by atoms with E-state index in [1.54, 1.807) is 11.3 Å². The molecule has 1 N–H and O–H groups in total. The molecule has 0 radical (unpaired) electrons. The molecule has 0 amide bonds. The van der Waals surface area contributed by atoms with Crippen LogP contribution >= 0.6 is 11.3 Å². The number of allylic oxidation sites excluding steroid dienone is 4. The van der Waals surface area contributed by atoms with Gasteiger partial charge in [0.1, 0.15) is 0 Å². The summed E-state index contributed by atoms with van der Waals surface area (Å²) in [5.74, 6) is 0.692. The van der Waals surface area contributed by atoms with Crippen molar-refractivity contribution in [3.63, 3.8) is 0 Å². The van der Waals surface area contributed by atoms with E-state index in [0.717, 1.165) is 47.3 Å². The minimum atomic E-state index is -0.496. The Balaban J connectivity index is 1.44. The van der Waals surface area contributed by atoms with Crippen LogP contribution in [0, 0.1) is 12.8 Å². The Morgan fingerprint density at radius 1 is 1.26 bits per heavy atom. The van der Waals surface area contributed by atoms with E-state index < -0.39 is 5.60 Å². The summed E-state index contributed by atoms with van der Waals surface area (Å²) in [5, 5.41) is 17.8. The molecule has 4 aromatic heterocycles. The predicted molar refractivity (Wildman–Crippen MR) is 124 cm³/mol. The van der Waals surface area contributed by atoms with Crippen LogP contribution in [0.15, 0.2) is 59.6 Å². The molecule has 2 aliphatic carbocycles. The number of hydrogen-bond acceptors (Lipinski definition) is 5. The van der Waals surface area contributed by atoms with Crippen molar-refractivity contribution in [2.45, 2.75) is 44.6 Å². The second-order valence-electron chi connectivity index (χ2n) is 9.13. The Morgan fingerprint density at radius 2 is 2.13 bits per heavy atom. The zero-order valence-corrected chi connectivity index (χ0v) is 18.4. The highest BCUT2D eigenvalue weighted by atomic mass is 32.1. The van der Waals surface area contributed by atoms with Gasteiger partial charge in [0.25, 0.3) is 0 Å². The van der Waals surface area contributed by atoms with Crippen molar-refractivity contribution < 1.29 is 5.11 Å². The Hall–Kier alpha value is -2.83. The van der Waals surface area contributed by atoms with E-state index in [0.29, 0.717) is 5.92 Å². The molecule has 0 bridgehead atoms. The van der Waals surface area contributed by atoms with Crippen molar-refractivity contribution in [2.24, 2.45) is 5.92 Å². The number of thiophene rings is 1. The minimum absolute atomic E-state index is 0.214. The molecule has 6 rings (SSSR count). The number of rotatable bonds is 3. The highest BCUT2D eigenvalue weighted by molar-refractivity contribution is 7.13. The first-order valence-electron chi connectivity index (χ1n) is 10.8. The van der Waals surface area contributed by atoms with Gasteiger partial charge in [0.15, 0.2) is 11.3 Å². The van der Waals surface area contributed by atoms with Crippen LogP contribution in [0.3, 0.4) is 0 Å². The molecule has 5 nitrogen and oxygen atoms in total. The largest absolute Gasteiger partial charge is 0.390 e. The molecule has 4 aromatic rings. The van der Waals surface area contributed by atoms with Gasteiger partial charge in [-0.3, -0.25) is 0 Å². The number of nitrogens with zero attached hydrogens (tertiary/aromatic N) is 4. The van der Waals surface area contributed by atoms with Crippen molar-refractivity contribution in [1.29, 1.82) is 0 Å². The van der Waals surface area contributed by atoms with Crippen LogP contribution in [-0.4, -0.2) is 30.3 Å². The van der Waals surface area contributed by atoms with Gasteiger partial charge in [0.05, 0.1) is 17.0 Å². The number of aromatic nitrogens is 4. The van der Waals surface area contributed by atoms with Gasteiger partial charge in [0.2, 0.25) is 0 Å². The fourth-order valence-corrected chi connectivity index (χ4v) is 5.71. The second kappa shape index (κ2) is 6.84. The zero-order chi connectivity index (χ0) is 21.2. The van der Waals surface area contributed by atoms with Gasteiger partial charge in [-0.05, 0) is 62.1 Å². The molecule has 1 unspecified atom stereocenters. The molecule has 156 valence electrons. The highest BCUT2D eigenvalue weighted by Crippen LogP contribution is 2.45. The normalized spacial score (nSPS) is 25.7. The first-order valence-corrected chi connectivity index (χ1v) is 11.7. The number of hydrogen-bond donors (Lipinski definition) is 1. The lowest BCUT2D eigenvalue weighted by molar-refractivity contribution is -0.0441. The lowest BCUT2D eigenvalue weighted by Gasteiger charge is -2.42. The smallest absolute Gasteiger partial charge is 0.164 e. The molecular weight excluding hydrogens is 404 g/mol. The van der Waals surface area contributed by atoms with Gasteiger partial charge < -0.3 is 5.11 Å². The van der Waals surface area contributed by atoms with Crippen LogP contribution in [0.4, 0.5) is 0 Å². The molecular formula is C25H24N4OS. The summed E-state index contributed by atoms with van der Waals surface area (Å²) in [7, 11) is 0. The molecule has 1 atom stereocenters. The summed E-state index contributed by atoms with van der Waals surface area (Å²) >= 11 is 1.74. The predicted octanol–water partition coefficient (Wildman–Crippen LogP) is 5.45.